The fourth-order valence-corrected chi connectivity index (χ4v) is 2.28. The van der Waals surface area contributed by atoms with E-state index >= 15 is 0 Å². The summed E-state index contributed by atoms with van der Waals surface area (Å²) in [6.07, 6.45) is -0.420. The number of hydrogen-bond acceptors (Lipinski definition) is 3. The van der Waals surface area contributed by atoms with Crippen molar-refractivity contribution >= 4 is 5.78 Å². The van der Waals surface area contributed by atoms with Crippen LogP contribution in [0.25, 0.3) is 0 Å². The third kappa shape index (κ3) is 5.43. The molecule has 3 atom stereocenters. The third-order valence-electron chi connectivity index (χ3n) is 3.50. The van der Waals surface area contributed by atoms with Crippen molar-refractivity contribution in [2.75, 3.05) is 0 Å². The highest BCUT2D eigenvalue weighted by atomic mass is 16.5. The van der Waals surface area contributed by atoms with Gasteiger partial charge in [-0.25, -0.2) is 0 Å². The molecule has 0 radical (unpaired) electrons. The normalized spacial score (nSPS) is 15.9. The van der Waals surface area contributed by atoms with Gasteiger partial charge < -0.3 is 9.84 Å². The van der Waals surface area contributed by atoms with Crippen LogP contribution in [0, 0.1) is 11.8 Å². The van der Waals surface area contributed by atoms with Gasteiger partial charge >= 0.3 is 0 Å². The molecule has 1 rings (SSSR count). The Balaban J connectivity index is 2.55. The van der Waals surface area contributed by atoms with E-state index < -0.39 is 6.10 Å². The summed E-state index contributed by atoms with van der Waals surface area (Å²) in [5.74, 6) is 0.0574. The maximum atomic E-state index is 11.7. The van der Waals surface area contributed by atoms with Gasteiger partial charge in [0, 0.05) is 5.92 Å². The molecule has 0 bridgehead atoms. The van der Waals surface area contributed by atoms with Crippen LogP contribution >= 0.6 is 0 Å². The minimum absolute atomic E-state index is 0.0290. The Kier molecular flexibility index (Phi) is 6.89. The zero-order valence-electron chi connectivity index (χ0n) is 12.9. The minimum atomic E-state index is -0.751. The average molecular weight is 278 g/mol. The Bertz CT molecular complexity index is 400. The molecule has 0 fully saturated rings. The van der Waals surface area contributed by atoms with Crippen LogP contribution in [0.4, 0.5) is 0 Å². The summed E-state index contributed by atoms with van der Waals surface area (Å²) in [4.78, 5) is 11.7. The van der Waals surface area contributed by atoms with Crippen LogP contribution in [0.3, 0.4) is 0 Å². The van der Waals surface area contributed by atoms with E-state index in [1.807, 2.05) is 37.3 Å². The van der Waals surface area contributed by atoms with Crippen molar-refractivity contribution in [2.45, 2.75) is 52.9 Å². The Morgan fingerprint density at radius 1 is 1.20 bits per heavy atom. The molecule has 0 aromatic heterocycles. The second-order valence-corrected chi connectivity index (χ2v) is 5.84. The molecule has 0 saturated carbocycles. The molecular formula is C17H26O3. The molecule has 3 heteroatoms. The van der Waals surface area contributed by atoms with E-state index in [-0.39, 0.29) is 17.8 Å². The SMILES string of the molecule is CC(=O)[C@H](CC(C)C)[C@@H](O)[C@H](C)OCc1ccccc1. The lowest BCUT2D eigenvalue weighted by Gasteiger charge is -2.27. The fraction of sp³-hybridized carbons (Fsp3) is 0.588. The summed E-state index contributed by atoms with van der Waals surface area (Å²) in [6, 6.07) is 9.83. The average Bonchev–Trinajstić information content (AvgIpc) is 2.42. The number of carbonyl (C=O) groups is 1. The van der Waals surface area contributed by atoms with E-state index in [0.29, 0.717) is 18.9 Å². The molecule has 0 saturated heterocycles. The molecule has 1 N–H and O–H groups in total. The molecule has 0 aliphatic heterocycles. The molecular weight excluding hydrogens is 252 g/mol. The Morgan fingerprint density at radius 3 is 2.30 bits per heavy atom. The van der Waals surface area contributed by atoms with Gasteiger partial charge in [0.15, 0.2) is 0 Å². The monoisotopic (exact) mass is 278 g/mol. The quantitative estimate of drug-likeness (QED) is 0.794. The summed E-state index contributed by atoms with van der Waals surface area (Å²) in [5.41, 5.74) is 1.06. The van der Waals surface area contributed by atoms with Crippen molar-refractivity contribution in [3.8, 4) is 0 Å². The lowest BCUT2D eigenvalue weighted by atomic mass is 9.87. The lowest BCUT2D eigenvalue weighted by molar-refractivity contribution is -0.130. The van der Waals surface area contributed by atoms with E-state index in [2.05, 4.69) is 13.8 Å². The minimum Gasteiger partial charge on any atom is -0.390 e. The number of rotatable bonds is 8. The van der Waals surface area contributed by atoms with Crippen LogP contribution in [0.5, 0.6) is 0 Å². The highest BCUT2D eigenvalue weighted by Crippen LogP contribution is 2.21. The molecule has 1 aromatic rings. The van der Waals surface area contributed by atoms with Crippen LogP contribution in [0.1, 0.15) is 39.7 Å². The molecule has 20 heavy (non-hydrogen) atoms. The van der Waals surface area contributed by atoms with Gasteiger partial charge in [0.1, 0.15) is 5.78 Å². The second-order valence-electron chi connectivity index (χ2n) is 5.84. The summed E-state index contributed by atoms with van der Waals surface area (Å²) in [7, 11) is 0. The van der Waals surface area contributed by atoms with Gasteiger partial charge in [0.05, 0.1) is 18.8 Å². The number of ether oxygens (including phenoxy) is 1. The third-order valence-corrected chi connectivity index (χ3v) is 3.50. The molecule has 1 aromatic carbocycles. The molecule has 0 aliphatic rings. The summed E-state index contributed by atoms with van der Waals surface area (Å²) < 4.78 is 5.70. The zero-order chi connectivity index (χ0) is 15.1. The van der Waals surface area contributed by atoms with Gasteiger partial charge in [-0.3, -0.25) is 4.79 Å². The van der Waals surface area contributed by atoms with E-state index in [9.17, 15) is 9.90 Å². The Morgan fingerprint density at radius 2 is 1.80 bits per heavy atom. The van der Waals surface area contributed by atoms with Crippen molar-refractivity contribution in [3.05, 3.63) is 35.9 Å². The molecule has 3 nitrogen and oxygen atoms in total. The Hall–Kier alpha value is -1.19. The molecule has 0 spiro atoms. The number of hydrogen-bond donors (Lipinski definition) is 1. The van der Waals surface area contributed by atoms with Crippen LogP contribution in [-0.2, 0) is 16.1 Å². The maximum absolute atomic E-state index is 11.7. The standard InChI is InChI=1S/C17H26O3/c1-12(2)10-16(13(3)18)17(19)14(4)20-11-15-8-6-5-7-9-15/h5-9,12,14,16-17,19H,10-11H2,1-4H3/t14-,16-,17-/m0/s1. The lowest BCUT2D eigenvalue weighted by Crippen LogP contribution is -2.37. The highest BCUT2D eigenvalue weighted by molar-refractivity contribution is 5.78. The maximum Gasteiger partial charge on any atom is 0.135 e. The number of carbonyl (C=O) groups excluding carboxylic acids is 1. The van der Waals surface area contributed by atoms with Gasteiger partial charge in [0.25, 0.3) is 0 Å². The smallest absolute Gasteiger partial charge is 0.135 e. The number of aliphatic hydroxyl groups is 1. The van der Waals surface area contributed by atoms with Crippen LogP contribution in [0.2, 0.25) is 0 Å². The van der Waals surface area contributed by atoms with E-state index in [4.69, 9.17) is 4.74 Å². The number of aliphatic hydroxyl groups excluding tert-OH is 1. The predicted molar refractivity (Wildman–Crippen MR) is 80.3 cm³/mol. The van der Waals surface area contributed by atoms with Crippen molar-refractivity contribution in [3.63, 3.8) is 0 Å². The first-order chi connectivity index (χ1) is 9.41. The molecule has 112 valence electrons. The predicted octanol–water partition coefficient (Wildman–Crippen LogP) is 3.20. The number of benzene rings is 1. The number of Topliss-reactive ketones (excluding diaryl/α,β-unsaturated/α-hetero) is 1. The van der Waals surface area contributed by atoms with E-state index in [1.54, 1.807) is 6.92 Å². The molecule has 0 aliphatic carbocycles. The van der Waals surface area contributed by atoms with Crippen molar-refractivity contribution in [2.24, 2.45) is 11.8 Å². The summed E-state index contributed by atoms with van der Waals surface area (Å²) in [6.45, 7) is 7.92. The molecule has 0 unspecified atom stereocenters. The Labute approximate surface area is 122 Å². The van der Waals surface area contributed by atoms with Gasteiger partial charge in [-0.2, -0.15) is 0 Å². The van der Waals surface area contributed by atoms with Crippen LogP contribution in [-0.4, -0.2) is 23.1 Å². The molecule has 0 amide bonds. The van der Waals surface area contributed by atoms with Gasteiger partial charge in [0.2, 0.25) is 0 Å². The van der Waals surface area contributed by atoms with Crippen LogP contribution < -0.4 is 0 Å². The van der Waals surface area contributed by atoms with E-state index in [1.165, 1.54) is 0 Å². The van der Waals surface area contributed by atoms with Gasteiger partial charge in [-0.1, -0.05) is 44.2 Å². The highest BCUT2D eigenvalue weighted by Gasteiger charge is 2.29. The fourth-order valence-electron chi connectivity index (χ4n) is 2.28. The van der Waals surface area contributed by atoms with E-state index in [0.717, 1.165) is 5.56 Å². The first-order valence-corrected chi connectivity index (χ1v) is 7.25. The topological polar surface area (TPSA) is 46.5 Å². The van der Waals surface area contributed by atoms with Crippen LogP contribution in [0.15, 0.2) is 30.3 Å². The zero-order valence-corrected chi connectivity index (χ0v) is 12.9. The van der Waals surface area contributed by atoms with Gasteiger partial charge in [-0.05, 0) is 31.7 Å². The van der Waals surface area contributed by atoms with Crippen molar-refractivity contribution in [1.29, 1.82) is 0 Å². The second kappa shape index (κ2) is 8.18. The van der Waals surface area contributed by atoms with Crippen molar-refractivity contribution < 1.29 is 14.6 Å². The first kappa shape index (κ1) is 16.9. The summed E-state index contributed by atoms with van der Waals surface area (Å²) in [5, 5.41) is 10.3. The van der Waals surface area contributed by atoms with Crippen molar-refractivity contribution in [1.82, 2.24) is 0 Å². The number of ketones is 1. The largest absolute Gasteiger partial charge is 0.390 e. The first-order valence-electron chi connectivity index (χ1n) is 7.25. The van der Waals surface area contributed by atoms with Gasteiger partial charge in [-0.15, -0.1) is 0 Å². The molecule has 0 heterocycles. The summed E-state index contributed by atoms with van der Waals surface area (Å²) >= 11 is 0.